The number of hydrogen-bond donors (Lipinski definition) is 3. The lowest BCUT2D eigenvalue weighted by Crippen LogP contribution is -2.30. The van der Waals surface area contributed by atoms with Gasteiger partial charge in [0.2, 0.25) is 0 Å². The van der Waals surface area contributed by atoms with E-state index < -0.39 is 7.12 Å². The molecule has 1 heterocycles. The zero-order valence-corrected chi connectivity index (χ0v) is 5.07. The summed E-state index contributed by atoms with van der Waals surface area (Å²) in [4.78, 5) is 2.50. The van der Waals surface area contributed by atoms with E-state index in [1.165, 1.54) is 12.1 Å². The smallest absolute Gasteiger partial charge is 0.422 e. The summed E-state index contributed by atoms with van der Waals surface area (Å²) in [6, 6.07) is 4.75. The Labute approximate surface area is 57.9 Å². The van der Waals surface area contributed by atoms with Gasteiger partial charge in [-0.1, -0.05) is 0 Å². The zero-order chi connectivity index (χ0) is 7.56. The van der Waals surface area contributed by atoms with Crippen LogP contribution in [0.3, 0.4) is 0 Å². The molecule has 0 aromatic carbocycles. The summed E-state index contributed by atoms with van der Waals surface area (Å²) >= 11 is 0. The summed E-state index contributed by atoms with van der Waals surface area (Å²) in [6.07, 6.45) is 0. The molecule has 0 spiro atoms. The van der Waals surface area contributed by atoms with Gasteiger partial charge >= 0.3 is 7.12 Å². The quantitative estimate of drug-likeness (QED) is 0.414. The molecule has 3 N–H and O–H groups in total. The number of H-pyrrole nitrogens is 1. The summed E-state index contributed by atoms with van der Waals surface area (Å²) in [6.45, 7) is 0. The molecule has 0 fully saturated rings. The van der Waals surface area contributed by atoms with E-state index in [1.807, 2.05) is 6.07 Å². The highest BCUT2D eigenvalue weighted by molar-refractivity contribution is 6.57. The van der Waals surface area contributed by atoms with Gasteiger partial charge in [0.1, 0.15) is 11.8 Å². The molecule has 5 heteroatoms. The van der Waals surface area contributed by atoms with Gasteiger partial charge in [-0.25, -0.2) is 0 Å². The van der Waals surface area contributed by atoms with E-state index in [1.54, 1.807) is 0 Å². The number of nitriles is 1. The molecule has 0 atom stereocenters. The highest BCUT2D eigenvalue weighted by Crippen LogP contribution is 1.88. The maximum atomic E-state index is 8.55. The zero-order valence-electron chi connectivity index (χ0n) is 5.07. The average Bonchev–Trinajstić information content (AvgIpc) is 2.34. The van der Waals surface area contributed by atoms with Gasteiger partial charge in [0, 0.05) is 5.59 Å². The average molecular weight is 136 g/mol. The minimum Gasteiger partial charge on any atom is -0.422 e. The first-order valence-electron chi connectivity index (χ1n) is 2.69. The Balaban J connectivity index is 2.91. The summed E-state index contributed by atoms with van der Waals surface area (Å²) in [5.41, 5.74) is 0.555. The fraction of sp³-hybridized carbons (Fsp3) is 0. The number of aromatic nitrogens is 1. The molecule has 50 valence electrons. The van der Waals surface area contributed by atoms with Crippen LogP contribution >= 0.6 is 0 Å². The van der Waals surface area contributed by atoms with Gasteiger partial charge in [0.05, 0.1) is 0 Å². The van der Waals surface area contributed by atoms with Gasteiger partial charge in [0.15, 0.2) is 0 Å². The molecule has 0 amide bonds. The van der Waals surface area contributed by atoms with Gasteiger partial charge in [0.25, 0.3) is 0 Å². The highest BCUT2D eigenvalue weighted by Gasteiger charge is 2.11. The lowest BCUT2D eigenvalue weighted by Gasteiger charge is -1.89. The standard InChI is InChI=1S/C5H5BN2O2/c7-3-4-1-2-5(8-4)6(9)10/h1-2,8-10H. The highest BCUT2D eigenvalue weighted by atomic mass is 16.4. The molecule has 0 aliphatic carbocycles. The maximum absolute atomic E-state index is 8.55. The fourth-order valence-electron chi connectivity index (χ4n) is 0.628. The SMILES string of the molecule is N#Cc1ccc(B(O)O)[nH]1. The number of nitrogens with one attached hydrogen (secondary N) is 1. The second kappa shape index (κ2) is 2.56. The van der Waals surface area contributed by atoms with E-state index in [0.717, 1.165) is 0 Å². The summed E-state index contributed by atoms with van der Waals surface area (Å²) in [5.74, 6) is 0. The third-order valence-corrected chi connectivity index (χ3v) is 1.11. The number of aromatic amines is 1. The molecule has 4 nitrogen and oxygen atoms in total. The van der Waals surface area contributed by atoms with Crippen LogP contribution in [0.25, 0.3) is 0 Å². The summed E-state index contributed by atoms with van der Waals surface area (Å²) in [7, 11) is -1.53. The third-order valence-electron chi connectivity index (χ3n) is 1.11. The first kappa shape index (κ1) is 6.87. The largest absolute Gasteiger partial charge is 0.505 e. The normalized spacial score (nSPS) is 8.90. The summed E-state index contributed by atoms with van der Waals surface area (Å²) in [5, 5.41) is 25.4. The monoisotopic (exact) mass is 136 g/mol. The van der Waals surface area contributed by atoms with Crippen molar-refractivity contribution < 1.29 is 10.0 Å². The van der Waals surface area contributed by atoms with Crippen LogP contribution in [0.2, 0.25) is 0 Å². The second-order valence-corrected chi connectivity index (χ2v) is 1.81. The second-order valence-electron chi connectivity index (χ2n) is 1.81. The Bertz CT molecular complexity index is 263. The van der Waals surface area contributed by atoms with E-state index in [-0.39, 0.29) is 5.59 Å². The molecular formula is C5H5BN2O2. The fourth-order valence-corrected chi connectivity index (χ4v) is 0.628. The first-order chi connectivity index (χ1) is 4.74. The Hall–Kier alpha value is -1.25. The molecule has 0 saturated heterocycles. The Morgan fingerprint density at radius 2 is 2.20 bits per heavy atom. The molecule has 1 aromatic heterocycles. The van der Waals surface area contributed by atoms with E-state index >= 15 is 0 Å². The molecule has 10 heavy (non-hydrogen) atoms. The molecule has 0 saturated carbocycles. The van der Waals surface area contributed by atoms with Crippen LogP contribution in [-0.4, -0.2) is 22.2 Å². The van der Waals surface area contributed by atoms with Crippen LogP contribution in [-0.2, 0) is 0 Å². The van der Waals surface area contributed by atoms with Crippen molar-refractivity contribution in [3.63, 3.8) is 0 Å². The molecule has 0 unspecified atom stereocenters. The van der Waals surface area contributed by atoms with Crippen molar-refractivity contribution in [1.82, 2.24) is 4.98 Å². The minimum absolute atomic E-state index is 0.233. The van der Waals surface area contributed by atoms with Crippen molar-refractivity contribution in [2.75, 3.05) is 0 Å². The topological polar surface area (TPSA) is 80.0 Å². The number of hydrogen-bond acceptors (Lipinski definition) is 3. The maximum Gasteiger partial charge on any atom is 0.505 e. The van der Waals surface area contributed by atoms with Gasteiger partial charge in [-0.05, 0) is 12.1 Å². The van der Waals surface area contributed by atoms with Gasteiger partial charge in [-0.15, -0.1) is 0 Å². The molecule has 1 aromatic rings. The molecular weight excluding hydrogens is 131 g/mol. The van der Waals surface area contributed by atoms with E-state index in [4.69, 9.17) is 15.3 Å². The van der Waals surface area contributed by atoms with Crippen LogP contribution in [0.4, 0.5) is 0 Å². The van der Waals surface area contributed by atoms with Crippen LogP contribution in [0, 0.1) is 11.3 Å². The van der Waals surface area contributed by atoms with Crippen LogP contribution < -0.4 is 5.59 Å². The van der Waals surface area contributed by atoms with Crippen molar-refractivity contribution in [2.45, 2.75) is 0 Å². The lowest BCUT2D eigenvalue weighted by molar-refractivity contribution is 0.424. The Kier molecular flexibility index (Phi) is 1.76. The van der Waals surface area contributed by atoms with Crippen molar-refractivity contribution in [3.05, 3.63) is 17.8 Å². The third kappa shape index (κ3) is 1.18. The molecule has 0 radical (unpaired) electrons. The van der Waals surface area contributed by atoms with Gasteiger partial charge in [-0.2, -0.15) is 5.26 Å². The molecule has 0 bridgehead atoms. The molecule has 0 aliphatic rings. The lowest BCUT2D eigenvalue weighted by atomic mass is 9.87. The summed E-state index contributed by atoms with van der Waals surface area (Å²) < 4.78 is 0. The van der Waals surface area contributed by atoms with Crippen molar-refractivity contribution >= 4 is 12.7 Å². The minimum atomic E-state index is -1.53. The van der Waals surface area contributed by atoms with Crippen molar-refractivity contribution in [2.24, 2.45) is 0 Å². The van der Waals surface area contributed by atoms with Crippen LogP contribution in [0.15, 0.2) is 12.1 Å². The molecule has 1 rings (SSSR count). The van der Waals surface area contributed by atoms with E-state index in [9.17, 15) is 0 Å². The predicted molar refractivity (Wildman–Crippen MR) is 35.3 cm³/mol. The Morgan fingerprint density at radius 1 is 1.50 bits per heavy atom. The van der Waals surface area contributed by atoms with E-state index in [2.05, 4.69) is 4.98 Å². The van der Waals surface area contributed by atoms with Crippen molar-refractivity contribution in [3.8, 4) is 6.07 Å². The number of nitrogens with zero attached hydrogens (tertiary/aromatic N) is 1. The van der Waals surface area contributed by atoms with Crippen LogP contribution in [0.1, 0.15) is 5.69 Å². The van der Waals surface area contributed by atoms with Gasteiger partial charge in [-0.3, -0.25) is 0 Å². The number of rotatable bonds is 1. The van der Waals surface area contributed by atoms with Gasteiger partial charge < -0.3 is 15.0 Å². The Morgan fingerprint density at radius 3 is 2.50 bits per heavy atom. The van der Waals surface area contributed by atoms with Crippen molar-refractivity contribution in [1.29, 1.82) is 5.26 Å². The molecule has 0 aliphatic heterocycles. The predicted octanol–water partition coefficient (Wildman–Crippen LogP) is -1.43. The van der Waals surface area contributed by atoms with E-state index in [0.29, 0.717) is 5.69 Å². The first-order valence-corrected chi connectivity index (χ1v) is 2.69. The van der Waals surface area contributed by atoms with Crippen LogP contribution in [0.5, 0.6) is 0 Å².